The normalized spacial score (nSPS) is 18.7. The molecule has 0 bridgehead atoms. The number of sulfonamides is 1. The van der Waals surface area contributed by atoms with Crippen LogP contribution >= 0.6 is 15.9 Å². The number of fused-ring (bicyclic) bond motifs is 1. The van der Waals surface area contributed by atoms with Crippen LogP contribution in [0.3, 0.4) is 0 Å². The summed E-state index contributed by atoms with van der Waals surface area (Å²) in [5.74, 6) is 0.596. The van der Waals surface area contributed by atoms with Crippen molar-refractivity contribution in [1.29, 1.82) is 0 Å². The lowest BCUT2D eigenvalue weighted by molar-refractivity contribution is -0.142. The molecule has 0 aliphatic carbocycles. The minimum Gasteiger partial charge on any atom is -0.485 e. The molecule has 1 atom stereocenters. The molecule has 30 heavy (non-hydrogen) atoms. The van der Waals surface area contributed by atoms with E-state index in [-0.39, 0.29) is 17.4 Å². The van der Waals surface area contributed by atoms with Crippen LogP contribution in [0.5, 0.6) is 11.5 Å². The van der Waals surface area contributed by atoms with Gasteiger partial charge >= 0.3 is 0 Å². The number of piperidine rings is 1. The van der Waals surface area contributed by atoms with Gasteiger partial charge < -0.3 is 14.4 Å². The highest BCUT2D eigenvalue weighted by atomic mass is 79.9. The molecule has 4 rings (SSSR count). The van der Waals surface area contributed by atoms with Gasteiger partial charge in [-0.1, -0.05) is 6.07 Å². The summed E-state index contributed by atoms with van der Waals surface area (Å²) in [4.78, 5) is 14.5. The fourth-order valence-electron chi connectivity index (χ4n) is 3.56. The van der Waals surface area contributed by atoms with Gasteiger partial charge in [0.1, 0.15) is 6.61 Å². The molecule has 0 unspecified atom stereocenters. The smallest absolute Gasteiger partial charge is 0.267 e. The number of rotatable bonds is 4. The van der Waals surface area contributed by atoms with Gasteiger partial charge in [-0.25, -0.2) is 8.42 Å². The Kier molecular flexibility index (Phi) is 5.92. The summed E-state index contributed by atoms with van der Waals surface area (Å²) in [6.45, 7) is 3.46. The summed E-state index contributed by atoms with van der Waals surface area (Å²) < 4.78 is 40.4. The van der Waals surface area contributed by atoms with Gasteiger partial charge in [0, 0.05) is 23.6 Å². The van der Waals surface area contributed by atoms with Crippen LogP contribution in [0.1, 0.15) is 24.8 Å². The number of halogens is 1. The zero-order valence-corrected chi connectivity index (χ0v) is 19.0. The number of benzene rings is 2. The average molecular weight is 495 g/mol. The van der Waals surface area contributed by atoms with Crippen LogP contribution in [-0.2, 0) is 14.8 Å². The monoisotopic (exact) mass is 494 g/mol. The SMILES string of the molecule is Cc1ccc(NS(=O)(=O)c2ccc3c(c2)OC[C@H](C(=O)N2CCCCC2)O3)c(Br)c1. The van der Waals surface area contributed by atoms with E-state index in [4.69, 9.17) is 9.47 Å². The molecular weight excluding hydrogens is 472 g/mol. The van der Waals surface area contributed by atoms with Crippen molar-refractivity contribution in [3.05, 3.63) is 46.4 Å². The molecule has 1 amide bonds. The molecule has 0 saturated carbocycles. The maximum absolute atomic E-state index is 12.8. The Morgan fingerprint density at radius 3 is 2.60 bits per heavy atom. The van der Waals surface area contributed by atoms with Gasteiger partial charge in [0.05, 0.1) is 10.6 Å². The minimum atomic E-state index is -3.82. The molecular formula is C21H23BrN2O5S. The molecule has 1 saturated heterocycles. The van der Waals surface area contributed by atoms with Gasteiger partial charge in [0.15, 0.2) is 11.5 Å². The van der Waals surface area contributed by atoms with Crippen LogP contribution in [0.25, 0.3) is 0 Å². The van der Waals surface area contributed by atoms with E-state index >= 15 is 0 Å². The molecule has 0 radical (unpaired) electrons. The van der Waals surface area contributed by atoms with Crippen LogP contribution in [0.2, 0.25) is 0 Å². The Morgan fingerprint density at radius 1 is 1.10 bits per heavy atom. The maximum Gasteiger partial charge on any atom is 0.267 e. The van der Waals surface area contributed by atoms with Crippen molar-refractivity contribution in [3.8, 4) is 11.5 Å². The number of carbonyl (C=O) groups is 1. The molecule has 2 aliphatic rings. The molecule has 0 spiro atoms. The fourth-order valence-corrected chi connectivity index (χ4v) is 5.38. The van der Waals surface area contributed by atoms with E-state index in [9.17, 15) is 13.2 Å². The van der Waals surface area contributed by atoms with Crippen molar-refractivity contribution >= 4 is 37.5 Å². The summed E-state index contributed by atoms with van der Waals surface area (Å²) in [7, 11) is -3.82. The first kappa shape index (κ1) is 21.0. The van der Waals surface area contributed by atoms with Crippen LogP contribution < -0.4 is 14.2 Å². The van der Waals surface area contributed by atoms with Crippen molar-refractivity contribution < 1.29 is 22.7 Å². The summed E-state index contributed by atoms with van der Waals surface area (Å²) >= 11 is 3.38. The number of nitrogens with one attached hydrogen (secondary N) is 1. The zero-order chi connectivity index (χ0) is 21.3. The second-order valence-corrected chi connectivity index (χ2v) is 10.0. The third-order valence-electron chi connectivity index (χ3n) is 5.20. The Balaban J connectivity index is 1.50. The number of hydrogen-bond acceptors (Lipinski definition) is 5. The number of hydrogen-bond donors (Lipinski definition) is 1. The Hall–Kier alpha value is -2.26. The van der Waals surface area contributed by atoms with E-state index in [0.717, 1.165) is 37.9 Å². The zero-order valence-electron chi connectivity index (χ0n) is 16.6. The predicted octanol–water partition coefficient (Wildman–Crippen LogP) is 3.71. The van der Waals surface area contributed by atoms with E-state index in [2.05, 4.69) is 20.7 Å². The first-order chi connectivity index (χ1) is 14.3. The summed E-state index contributed by atoms with van der Waals surface area (Å²) in [6.07, 6.45) is 2.43. The lowest BCUT2D eigenvalue weighted by atomic mass is 10.1. The molecule has 2 heterocycles. The Labute approximate surface area is 184 Å². The molecule has 9 heteroatoms. The molecule has 7 nitrogen and oxygen atoms in total. The lowest BCUT2D eigenvalue weighted by Gasteiger charge is -2.32. The van der Waals surface area contributed by atoms with E-state index in [1.165, 1.54) is 18.2 Å². The van der Waals surface area contributed by atoms with Gasteiger partial charge in [0.2, 0.25) is 6.10 Å². The molecule has 160 valence electrons. The van der Waals surface area contributed by atoms with E-state index in [1.54, 1.807) is 6.07 Å². The maximum atomic E-state index is 12.8. The van der Waals surface area contributed by atoms with Gasteiger partial charge in [-0.3, -0.25) is 9.52 Å². The number of amides is 1. The fraction of sp³-hybridized carbons (Fsp3) is 0.381. The highest BCUT2D eigenvalue weighted by Crippen LogP contribution is 2.35. The van der Waals surface area contributed by atoms with Crippen molar-refractivity contribution in [2.45, 2.75) is 37.2 Å². The number of aryl methyl sites for hydroxylation is 1. The Bertz CT molecular complexity index is 1070. The van der Waals surface area contributed by atoms with Gasteiger partial charge in [0.25, 0.3) is 15.9 Å². The molecule has 2 aromatic carbocycles. The summed E-state index contributed by atoms with van der Waals surface area (Å²) in [5, 5.41) is 0. The topological polar surface area (TPSA) is 84.9 Å². The standard InChI is InChI=1S/C21H23BrN2O5S/c1-14-5-7-17(16(22)11-14)23-30(26,27)15-6-8-18-19(12-15)28-13-20(29-18)21(25)24-9-3-2-4-10-24/h5-8,11-12,20,23H,2-4,9-10,13H2,1H3/t20-/m1/s1. The van der Waals surface area contributed by atoms with E-state index in [1.807, 2.05) is 24.0 Å². The van der Waals surface area contributed by atoms with Crippen molar-refractivity contribution in [1.82, 2.24) is 4.90 Å². The third kappa shape index (κ3) is 4.41. The van der Waals surface area contributed by atoms with Crippen LogP contribution in [-0.4, -0.2) is 45.0 Å². The van der Waals surface area contributed by atoms with E-state index < -0.39 is 16.1 Å². The van der Waals surface area contributed by atoms with Gasteiger partial charge in [-0.05, 0) is 71.9 Å². The van der Waals surface area contributed by atoms with Crippen molar-refractivity contribution in [2.24, 2.45) is 0 Å². The summed E-state index contributed by atoms with van der Waals surface area (Å²) in [6, 6.07) is 9.75. The first-order valence-corrected chi connectivity index (χ1v) is 12.1. The molecule has 0 aromatic heterocycles. The second kappa shape index (κ2) is 8.47. The first-order valence-electron chi connectivity index (χ1n) is 9.85. The third-order valence-corrected chi connectivity index (χ3v) is 7.22. The highest BCUT2D eigenvalue weighted by molar-refractivity contribution is 9.10. The van der Waals surface area contributed by atoms with Crippen molar-refractivity contribution in [3.63, 3.8) is 0 Å². The number of ether oxygens (including phenoxy) is 2. The van der Waals surface area contributed by atoms with Crippen LogP contribution in [0.4, 0.5) is 5.69 Å². The largest absolute Gasteiger partial charge is 0.485 e. The highest BCUT2D eigenvalue weighted by Gasteiger charge is 2.32. The Morgan fingerprint density at radius 2 is 1.87 bits per heavy atom. The number of carbonyl (C=O) groups excluding carboxylic acids is 1. The predicted molar refractivity (Wildman–Crippen MR) is 116 cm³/mol. The lowest BCUT2D eigenvalue weighted by Crippen LogP contribution is -2.48. The van der Waals surface area contributed by atoms with Gasteiger partial charge in [-0.2, -0.15) is 0 Å². The summed E-state index contributed by atoms with van der Waals surface area (Å²) in [5.41, 5.74) is 1.46. The van der Waals surface area contributed by atoms with Gasteiger partial charge in [-0.15, -0.1) is 0 Å². The van der Waals surface area contributed by atoms with Crippen LogP contribution in [0, 0.1) is 6.92 Å². The number of anilines is 1. The minimum absolute atomic E-state index is 0.0538. The second-order valence-electron chi connectivity index (χ2n) is 7.50. The quantitative estimate of drug-likeness (QED) is 0.699. The molecule has 1 N–H and O–H groups in total. The van der Waals surface area contributed by atoms with E-state index in [0.29, 0.717) is 21.7 Å². The molecule has 1 fully saturated rings. The molecule has 2 aromatic rings. The number of nitrogens with zero attached hydrogens (tertiary/aromatic N) is 1. The molecule has 2 aliphatic heterocycles. The van der Waals surface area contributed by atoms with Crippen molar-refractivity contribution in [2.75, 3.05) is 24.4 Å². The van der Waals surface area contributed by atoms with Crippen LogP contribution in [0.15, 0.2) is 45.8 Å². The number of likely N-dealkylation sites (tertiary alicyclic amines) is 1. The average Bonchev–Trinajstić information content (AvgIpc) is 2.75.